The molecule has 3 rings (SSSR count). The maximum Gasteiger partial charge on any atom is 0.347 e. The molecular weight excluding hydrogens is 394 g/mol. The first-order chi connectivity index (χ1) is 13.9. The summed E-state index contributed by atoms with van der Waals surface area (Å²) in [6.45, 7) is 1.13. The number of hydrogen-bond donors (Lipinski definition) is 1. The number of anilines is 1. The Morgan fingerprint density at radius 2 is 1.83 bits per heavy atom. The standard InChI is InChI=1S/C21H20ClN3O4/c1-14(29-17-6-4-3-5-7-17)21(27)28-13-20(26)23-19-12-18(24-25(19)2)15-8-10-16(22)11-9-15/h3-12,14H,13H2,1-2H3,(H,23,26)/t14-/m1/s1. The maximum absolute atomic E-state index is 12.2. The lowest BCUT2D eigenvalue weighted by atomic mass is 10.1. The fraction of sp³-hybridized carbons (Fsp3) is 0.190. The van der Waals surface area contributed by atoms with Crippen LogP contribution in [-0.2, 0) is 21.4 Å². The Balaban J connectivity index is 1.53. The van der Waals surface area contributed by atoms with Crippen LogP contribution in [0.15, 0.2) is 60.7 Å². The van der Waals surface area contributed by atoms with Crippen LogP contribution in [0.2, 0.25) is 5.02 Å². The molecule has 1 aromatic heterocycles. The van der Waals surface area contributed by atoms with Crippen molar-refractivity contribution in [2.45, 2.75) is 13.0 Å². The monoisotopic (exact) mass is 413 g/mol. The van der Waals surface area contributed by atoms with Gasteiger partial charge < -0.3 is 14.8 Å². The van der Waals surface area contributed by atoms with Gasteiger partial charge in [0.1, 0.15) is 11.6 Å². The number of aromatic nitrogens is 2. The number of carbonyl (C=O) groups excluding carboxylic acids is 2. The van der Waals surface area contributed by atoms with Crippen molar-refractivity contribution in [2.24, 2.45) is 7.05 Å². The van der Waals surface area contributed by atoms with Crippen LogP contribution in [0.1, 0.15) is 6.92 Å². The summed E-state index contributed by atoms with van der Waals surface area (Å²) in [5.41, 5.74) is 1.55. The lowest BCUT2D eigenvalue weighted by molar-refractivity contribution is -0.153. The van der Waals surface area contributed by atoms with Crippen molar-refractivity contribution in [3.05, 3.63) is 65.7 Å². The zero-order valence-electron chi connectivity index (χ0n) is 16.0. The molecule has 0 aliphatic heterocycles. The van der Waals surface area contributed by atoms with Crippen LogP contribution >= 0.6 is 11.6 Å². The van der Waals surface area contributed by atoms with E-state index in [9.17, 15) is 9.59 Å². The fourth-order valence-corrected chi connectivity index (χ4v) is 2.66. The molecule has 0 aliphatic rings. The summed E-state index contributed by atoms with van der Waals surface area (Å²) < 4.78 is 12.0. The second-order valence-corrected chi connectivity index (χ2v) is 6.71. The number of halogens is 1. The van der Waals surface area contributed by atoms with Crippen LogP contribution in [0.4, 0.5) is 5.82 Å². The molecule has 1 N–H and O–H groups in total. The highest BCUT2D eigenvalue weighted by Crippen LogP contribution is 2.23. The minimum atomic E-state index is -0.835. The van der Waals surface area contributed by atoms with Gasteiger partial charge in [-0.15, -0.1) is 0 Å². The first kappa shape index (κ1) is 20.4. The minimum absolute atomic E-state index is 0.428. The third-order valence-corrected chi connectivity index (χ3v) is 4.27. The number of nitrogens with zero attached hydrogens (tertiary/aromatic N) is 2. The second-order valence-electron chi connectivity index (χ2n) is 6.27. The molecule has 0 bridgehead atoms. The van der Waals surface area contributed by atoms with Crippen molar-refractivity contribution in [1.82, 2.24) is 9.78 Å². The second kappa shape index (κ2) is 9.25. The fourth-order valence-electron chi connectivity index (χ4n) is 2.53. The molecule has 8 heteroatoms. The number of para-hydroxylation sites is 1. The number of carbonyl (C=O) groups is 2. The van der Waals surface area contributed by atoms with E-state index in [0.29, 0.717) is 22.3 Å². The predicted octanol–water partition coefficient (Wildman–Crippen LogP) is 3.69. The molecule has 0 radical (unpaired) electrons. The molecule has 1 atom stereocenters. The van der Waals surface area contributed by atoms with Gasteiger partial charge in [-0.25, -0.2) is 4.79 Å². The van der Waals surface area contributed by atoms with Crippen molar-refractivity contribution >= 4 is 29.3 Å². The van der Waals surface area contributed by atoms with Crippen molar-refractivity contribution in [3.8, 4) is 17.0 Å². The number of ether oxygens (including phenoxy) is 2. The predicted molar refractivity (Wildman–Crippen MR) is 110 cm³/mol. The summed E-state index contributed by atoms with van der Waals surface area (Å²) in [5.74, 6) is -0.0811. The average Bonchev–Trinajstić information content (AvgIpc) is 3.07. The normalized spacial score (nSPS) is 11.6. The summed E-state index contributed by atoms with van der Waals surface area (Å²) in [7, 11) is 1.71. The molecular formula is C21H20ClN3O4. The van der Waals surface area contributed by atoms with Crippen LogP contribution in [0, 0.1) is 0 Å². The molecule has 2 aromatic carbocycles. The highest BCUT2D eigenvalue weighted by molar-refractivity contribution is 6.30. The molecule has 0 saturated heterocycles. The number of amides is 1. The van der Waals surface area contributed by atoms with Gasteiger partial charge in [0.15, 0.2) is 12.7 Å². The third-order valence-electron chi connectivity index (χ3n) is 4.02. The van der Waals surface area contributed by atoms with Gasteiger partial charge in [-0.3, -0.25) is 9.48 Å². The van der Waals surface area contributed by atoms with Crippen molar-refractivity contribution in [2.75, 3.05) is 11.9 Å². The van der Waals surface area contributed by atoms with E-state index in [-0.39, 0.29) is 0 Å². The number of aryl methyl sites for hydroxylation is 1. The third kappa shape index (κ3) is 5.58. The maximum atomic E-state index is 12.2. The lowest BCUT2D eigenvalue weighted by Gasteiger charge is -2.13. The Kier molecular flexibility index (Phi) is 6.51. The van der Waals surface area contributed by atoms with E-state index in [1.165, 1.54) is 4.68 Å². The molecule has 1 heterocycles. The molecule has 29 heavy (non-hydrogen) atoms. The molecule has 0 fully saturated rings. The molecule has 0 saturated carbocycles. The first-order valence-electron chi connectivity index (χ1n) is 8.90. The van der Waals surface area contributed by atoms with Crippen LogP contribution in [0.3, 0.4) is 0 Å². The van der Waals surface area contributed by atoms with Crippen LogP contribution in [0.25, 0.3) is 11.3 Å². The molecule has 150 valence electrons. The number of nitrogens with one attached hydrogen (secondary N) is 1. The van der Waals surface area contributed by atoms with Gasteiger partial charge in [0.2, 0.25) is 0 Å². The van der Waals surface area contributed by atoms with Crippen molar-refractivity contribution < 1.29 is 19.1 Å². The Morgan fingerprint density at radius 1 is 1.14 bits per heavy atom. The number of esters is 1. The quantitative estimate of drug-likeness (QED) is 0.597. The summed E-state index contributed by atoms with van der Waals surface area (Å²) in [6.07, 6.45) is -0.835. The van der Waals surface area contributed by atoms with E-state index < -0.39 is 24.6 Å². The molecule has 0 aliphatic carbocycles. The Hall–Kier alpha value is -3.32. The minimum Gasteiger partial charge on any atom is -0.479 e. The Bertz CT molecular complexity index is 987. The molecule has 3 aromatic rings. The zero-order valence-corrected chi connectivity index (χ0v) is 16.7. The van der Waals surface area contributed by atoms with Crippen molar-refractivity contribution in [1.29, 1.82) is 0 Å². The van der Waals surface area contributed by atoms with Crippen LogP contribution in [-0.4, -0.2) is 34.4 Å². The number of rotatable bonds is 7. The lowest BCUT2D eigenvalue weighted by Crippen LogP contribution is -2.30. The summed E-state index contributed by atoms with van der Waals surface area (Å²) in [5, 5.41) is 7.67. The molecule has 1 amide bonds. The van der Waals surface area contributed by atoms with Gasteiger partial charge in [0, 0.05) is 23.7 Å². The largest absolute Gasteiger partial charge is 0.479 e. The van der Waals surface area contributed by atoms with E-state index in [1.807, 2.05) is 18.2 Å². The zero-order chi connectivity index (χ0) is 20.8. The molecule has 0 unspecified atom stereocenters. The number of hydrogen-bond acceptors (Lipinski definition) is 5. The van der Waals surface area contributed by atoms with E-state index in [0.717, 1.165) is 5.56 Å². The van der Waals surface area contributed by atoms with Gasteiger partial charge in [-0.2, -0.15) is 5.10 Å². The Morgan fingerprint density at radius 3 is 2.52 bits per heavy atom. The van der Waals surface area contributed by atoms with E-state index in [4.69, 9.17) is 21.1 Å². The van der Waals surface area contributed by atoms with Crippen LogP contribution < -0.4 is 10.1 Å². The Labute approximate surface area is 173 Å². The van der Waals surface area contributed by atoms with E-state index in [2.05, 4.69) is 10.4 Å². The number of benzene rings is 2. The summed E-state index contributed by atoms with van der Waals surface area (Å²) in [6, 6.07) is 17.8. The van der Waals surface area contributed by atoms with Gasteiger partial charge in [0.25, 0.3) is 5.91 Å². The topological polar surface area (TPSA) is 82.4 Å². The van der Waals surface area contributed by atoms with Gasteiger partial charge >= 0.3 is 5.97 Å². The van der Waals surface area contributed by atoms with Crippen LogP contribution in [0.5, 0.6) is 5.75 Å². The molecule has 0 spiro atoms. The summed E-state index contributed by atoms with van der Waals surface area (Å²) in [4.78, 5) is 24.2. The van der Waals surface area contributed by atoms with Crippen molar-refractivity contribution in [3.63, 3.8) is 0 Å². The highest BCUT2D eigenvalue weighted by Gasteiger charge is 2.18. The van der Waals surface area contributed by atoms with E-state index in [1.54, 1.807) is 56.4 Å². The molecule has 7 nitrogen and oxygen atoms in total. The SMILES string of the molecule is C[C@@H](Oc1ccccc1)C(=O)OCC(=O)Nc1cc(-c2ccc(Cl)cc2)nn1C. The average molecular weight is 414 g/mol. The smallest absolute Gasteiger partial charge is 0.347 e. The first-order valence-corrected chi connectivity index (χ1v) is 9.28. The van der Waals surface area contributed by atoms with Gasteiger partial charge in [0.05, 0.1) is 5.69 Å². The van der Waals surface area contributed by atoms with E-state index >= 15 is 0 Å². The summed E-state index contributed by atoms with van der Waals surface area (Å²) >= 11 is 5.90. The highest BCUT2D eigenvalue weighted by atomic mass is 35.5. The van der Waals surface area contributed by atoms with Gasteiger partial charge in [-0.1, -0.05) is 41.9 Å². The van der Waals surface area contributed by atoms with Gasteiger partial charge in [-0.05, 0) is 31.2 Å².